The van der Waals surface area contributed by atoms with Crippen molar-refractivity contribution < 1.29 is 17.6 Å². The van der Waals surface area contributed by atoms with Crippen molar-refractivity contribution in [3.05, 3.63) is 29.3 Å². The summed E-state index contributed by atoms with van der Waals surface area (Å²) in [4.78, 5) is 5.21. The molecule has 3 nitrogen and oxygen atoms in total. The third kappa shape index (κ3) is 4.74. The molecule has 0 saturated carbocycles. The second kappa shape index (κ2) is 9.24. The SMILES string of the molecule is CC.CCc1ccc(N2CCN([C@@H]3CCN(C)CC3(F)F)CC2)c(F)c1F. The number of aryl methyl sites for hydroxylation is 1. The standard InChI is InChI=1S/C18H25F4N3.C2H6/c1-3-13-4-5-14(17(20)16(13)19)24-8-10-25(11-9-24)15-6-7-23(2)12-18(15,21)22;1-2/h4-5,15H,3,6-12H2,1-2H3;1-2H3/t15-;/m1./s1. The molecule has 2 aliphatic rings. The topological polar surface area (TPSA) is 9.72 Å². The molecule has 27 heavy (non-hydrogen) atoms. The number of benzene rings is 1. The van der Waals surface area contributed by atoms with Crippen molar-refractivity contribution >= 4 is 5.69 Å². The highest BCUT2D eigenvalue weighted by atomic mass is 19.3. The van der Waals surface area contributed by atoms with E-state index in [1.807, 2.05) is 13.8 Å². The van der Waals surface area contributed by atoms with Gasteiger partial charge >= 0.3 is 0 Å². The van der Waals surface area contributed by atoms with Gasteiger partial charge in [0.05, 0.1) is 18.3 Å². The lowest BCUT2D eigenvalue weighted by Gasteiger charge is -2.46. The first-order chi connectivity index (χ1) is 12.8. The molecule has 2 saturated heterocycles. The van der Waals surface area contributed by atoms with Crippen molar-refractivity contribution in [3.63, 3.8) is 0 Å². The lowest BCUT2D eigenvalue weighted by Crippen LogP contribution is -2.61. The van der Waals surface area contributed by atoms with Crippen LogP contribution in [0, 0.1) is 11.6 Å². The minimum atomic E-state index is -2.74. The van der Waals surface area contributed by atoms with E-state index in [2.05, 4.69) is 0 Å². The van der Waals surface area contributed by atoms with Crippen LogP contribution < -0.4 is 4.90 Å². The van der Waals surface area contributed by atoms with Crippen LogP contribution in [0.15, 0.2) is 12.1 Å². The number of hydrogen-bond acceptors (Lipinski definition) is 3. The normalized spacial score (nSPS) is 23.7. The van der Waals surface area contributed by atoms with Crippen molar-refractivity contribution in [2.45, 2.75) is 45.6 Å². The van der Waals surface area contributed by atoms with E-state index < -0.39 is 23.6 Å². The molecule has 2 aliphatic heterocycles. The van der Waals surface area contributed by atoms with Gasteiger partial charge < -0.3 is 9.80 Å². The molecule has 2 heterocycles. The highest BCUT2D eigenvalue weighted by Crippen LogP contribution is 2.32. The summed E-state index contributed by atoms with van der Waals surface area (Å²) < 4.78 is 56.9. The van der Waals surface area contributed by atoms with Gasteiger partial charge in [-0.15, -0.1) is 0 Å². The monoisotopic (exact) mass is 389 g/mol. The van der Waals surface area contributed by atoms with Crippen LogP contribution >= 0.6 is 0 Å². The molecule has 0 bridgehead atoms. The summed E-state index contributed by atoms with van der Waals surface area (Å²) in [6.45, 7) is 7.91. The summed E-state index contributed by atoms with van der Waals surface area (Å²) in [5, 5.41) is 0. The molecule has 0 amide bonds. The van der Waals surface area contributed by atoms with E-state index in [0.717, 1.165) is 0 Å². The lowest BCUT2D eigenvalue weighted by molar-refractivity contribution is -0.123. The summed E-state index contributed by atoms with van der Waals surface area (Å²) in [5.74, 6) is -4.38. The van der Waals surface area contributed by atoms with Gasteiger partial charge in [-0.05, 0) is 38.1 Å². The third-order valence-corrected chi connectivity index (χ3v) is 5.37. The van der Waals surface area contributed by atoms with Crippen molar-refractivity contribution in [1.29, 1.82) is 0 Å². The van der Waals surface area contributed by atoms with E-state index in [0.29, 0.717) is 51.1 Å². The second-order valence-electron chi connectivity index (χ2n) is 7.05. The molecule has 1 aromatic rings. The predicted molar refractivity (Wildman–Crippen MR) is 102 cm³/mol. The van der Waals surface area contributed by atoms with Crippen LogP contribution in [0.1, 0.15) is 32.8 Å². The Kier molecular flexibility index (Phi) is 7.51. The average Bonchev–Trinajstić information content (AvgIpc) is 2.65. The fourth-order valence-corrected chi connectivity index (χ4v) is 3.92. The van der Waals surface area contributed by atoms with Crippen LogP contribution in [-0.4, -0.2) is 68.1 Å². The van der Waals surface area contributed by atoms with Crippen molar-refractivity contribution in [2.24, 2.45) is 0 Å². The summed E-state index contributed by atoms with van der Waals surface area (Å²) in [6.07, 6.45) is 0.861. The van der Waals surface area contributed by atoms with Crippen LogP contribution in [0.4, 0.5) is 23.2 Å². The average molecular weight is 389 g/mol. The van der Waals surface area contributed by atoms with Crippen molar-refractivity contribution in [2.75, 3.05) is 51.2 Å². The molecular weight excluding hydrogens is 358 g/mol. The van der Waals surface area contributed by atoms with Crippen LogP contribution in [0.25, 0.3) is 0 Å². The molecule has 154 valence electrons. The Morgan fingerprint density at radius 3 is 2.19 bits per heavy atom. The highest BCUT2D eigenvalue weighted by molar-refractivity contribution is 5.50. The van der Waals surface area contributed by atoms with Gasteiger partial charge in [0, 0.05) is 26.2 Å². The highest BCUT2D eigenvalue weighted by Gasteiger charge is 2.47. The Morgan fingerprint density at radius 1 is 1.00 bits per heavy atom. The third-order valence-electron chi connectivity index (χ3n) is 5.37. The minimum Gasteiger partial charge on any atom is -0.367 e. The van der Waals surface area contributed by atoms with E-state index in [4.69, 9.17) is 0 Å². The molecule has 0 aliphatic carbocycles. The number of rotatable bonds is 3. The van der Waals surface area contributed by atoms with Gasteiger partial charge in [-0.1, -0.05) is 26.8 Å². The maximum Gasteiger partial charge on any atom is 0.275 e. The smallest absolute Gasteiger partial charge is 0.275 e. The van der Waals surface area contributed by atoms with Gasteiger partial charge in [-0.3, -0.25) is 4.90 Å². The second-order valence-corrected chi connectivity index (χ2v) is 7.05. The zero-order valence-electron chi connectivity index (χ0n) is 16.7. The van der Waals surface area contributed by atoms with Crippen LogP contribution in [-0.2, 0) is 6.42 Å². The molecular formula is C20H31F4N3. The molecule has 0 radical (unpaired) electrons. The first kappa shape index (κ1) is 22.0. The van der Waals surface area contributed by atoms with Crippen molar-refractivity contribution in [1.82, 2.24) is 9.80 Å². The van der Waals surface area contributed by atoms with Crippen LogP contribution in [0.2, 0.25) is 0 Å². The molecule has 1 atom stereocenters. The van der Waals surface area contributed by atoms with E-state index >= 15 is 0 Å². The Morgan fingerprint density at radius 2 is 1.63 bits per heavy atom. The maximum atomic E-state index is 14.3. The zero-order valence-corrected chi connectivity index (χ0v) is 16.7. The molecule has 3 rings (SSSR count). The first-order valence-corrected chi connectivity index (χ1v) is 9.85. The molecule has 0 N–H and O–H groups in total. The largest absolute Gasteiger partial charge is 0.367 e. The zero-order chi connectivity index (χ0) is 20.2. The van der Waals surface area contributed by atoms with Gasteiger partial charge in [0.1, 0.15) is 0 Å². The summed E-state index contributed by atoms with van der Waals surface area (Å²) >= 11 is 0. The van der Waals surface area contributed by atoms with E-state index in [9.17, 15) is 17.6 Å². The summed E-state index contributed by atoms with van der Waals surface area (Å²) in [7, 11) is 1.71. The number of nitrogens with zero attached hydrogens (tertiary/aromatic N) is 3. The van der Waals surface area contributed by atoms with Crippen LogP contribution in [0.3, 0.4) is 0 Å². The Hall–Kier alpha value is -1.34. The molecule has 0 aromatic heterocycles. The number of likely N-dealkylation sites (tertiary alicyclic amines) is 1. The van der Waals surface area contributed by atoms with Gasteiger partial charge in [-0.2, -0.15) is 0 Å². The van der Waals surface area contributed by atoms with Crippen molar-refractivity contribution in [3.8, 4) is 0 Å². The van der Waals surface area contributed by atoms with Gasteiger partial charge in [0.15, 0.2) is 11.6 Å². The summed E-state index contributed by atoms with van der Waals surface area (Å²) in [5.41, 5.74) is 0.579. The van der Waals surface area contributed by atoms with Gasteiger partial charge in [0.2, 0.25) is 0 Å². The Balaban J connectivity index is 0.00000126. The van der Waals surface area contributed by atoms with Gasteiger partial charge in [0.25, 0.3) is 5.92 Å². The Labute approximate surface area is 159 Å². The number of halogens is 4. The summed E-state index contributed by atoms with van der Waals surface area (Å²) in [6, 6.07) is 2.43. The number of alkyl halides is 2. The molecule has 0 spiro atoms. The fraction of sp³-hybridized carbons (Fsp3) is 0.700. The van der Waals surface area contributed by atoms with Crippen LogP contribution in [0.5, 0.6) is 0 Å². The molecule has 7 heteroatoms. The molecule has 1 aromatic carbocycles. The predicted octanol–water partition coefficient (Wildman–Crippen LogP) is 4.01. The molecule has 0 unspecified atom stereocenters. The quantitative estimate of drug-likeness (QED) is 0.723. The fourth-order valence-electron chi connectivity index (χ4n) is 3.92. The van der Waals surface area contributed by atoms with E-state index in [-0.39, 0.29) is 12.2 Å². The lowest BCUT2D eigenvalue weighted by atomic mass is 9.98. The number of piperazine rings is 1. The number of piperidine rings is 1. The first-order valence-electron chi connectivity index (χ1n) is 9.85. The van der Waals surface area contributed by atoms with E-state index in [1.54, 1.807) is 40.8 Å². The number of hydrogen-bond donors (Lipinski definition) is 0. The van der Waals surface area contributed by atoms with Gasteiger partial charge in [-0.25, -0.2) is 17.6 Å². The molecule has 2 fully saturated rings. The van der Waals surface area contributed by atoms with E-state index in [1.165, 1.54) is 0 Å². The maximum absolute atomic E-state index is 14.3. The number of anilines is 1. The Bertz CT molecular complexity index is 615. The minimum absolute atomic E-state index is 0.226.